The van der Waals surface area contributed by atoms with Gasteiger partial charge in [-0.05, 0) is 44.7 Å². The van der Waals surface area contributed by atoms with Gasteiger partial charge in [-0.15, -0.1) is 12.4 Å². The second kappa shape index (κ2) is 7.26. The van der Waals surface area contributed by atoms with Crippen molar-refractivity contribution in [3.8, 4) is 5.75 Å². The predicted molar refractivity (Wildman–Crippen MR) is 81.1 cm³/mol. The third-order valence-corrected chi connectivity index (χ3v) is 5.21. The highest BCUT2D eigenvalue weighted by Gasteiger charge is 2.31. The van der Waals surface area contributed by atoms with Gasteiger partial charge in [0.05, 0.1) is 11.5 Å². The number of hydrogen-bond acceptors (Lipinski definition) is 4. The molecular formula is C13H21ClN2O3S. The Bertz CT molecular complexity index is 519. The number of likely N-dealkylation sites (N-methyl/N-ethyl adjacent to an activating group) is 1. The van der Waals surface area contributed by atoms with Crippen LogP contribution in [0.2, 0.25) is 0 Å². The molecule has 1 aromatic carbocycles. The molecule has 20 heavy (non-hydrogen) atoms. The summed E-state index contributed by atoms with van der Waals surface area (Å²) in [5.41, 5.74) is 0. The number of nitrogens with zero attached hydrogens (tertiary/aromatic N) is 1. The maximum atomic E-state index is 12.4. The van der Waals surface area contributed by atoms with Crippen LogP contribution in [0.25, 0.3) is 0 Å². The summed E-state index contributed by atoms with van der Waals surface area (Å²) >= 11 is 0. The van der Waals surface area contributed by atoms with Gasteiger partial charge < -0.3 is 10.1 Å². The zero-order valence-corrected chi connectivity index (χ0v) is 13.3. The van der Waals surface area contributed by atoms with Gasteiger partial charge >= 0.3 is 0 Å². The van der Waals surface area contributed by atoms with Crippen molar-refractivity contribution in [2.75, 3.05) is 26.7 Å². The average molecular weight is 321 g/mol. The molecule has 0 bridgehead atoms. The summed E-state index contributed by atoms with van der Waals surface area (Å²) in [5, 5.41) is 3.12. The molecule has 0 aromatic heterocycles. The quantitative estimate of drug-likeness (QED) is 0.893. The maximum Gasteiger partial charge on any atom is 0.243 e. The molecule has 1 N–H and O–H groups in total. The Morgan fingerprint density at radius 1 is 1.35 bits per heavy atom. The lowest BCUT2D eigenvalue weighted by Gasteiger charge is -2.16. The smallest absolute Gasteiger partial charge is 0.243 e. The zero-order chi connectivity index (χ0) is 13.9. The Balaban J connectivity index is 0.00000200. The van der Waals surface area contributed by atoms with E-state index in [2.05, 4.69) is 5.32 Å². The fourth-order valence-corrected chi connectivity index (χ4v) is 3.71. The second-order valence-electron chi connectivity index (χ2n) is 4.54. The van der Waals surface area contributed by atoms with Gasteiger partial charge in [-0.1, -0.05) is 0 Å². The first kappa shape index (κ1) is 17.2. The highest BCUT2D eigenvalue weighted by Crippen LogP contribution is 2.23. The number of hydrogen-bond donors (Lipinski definition) is 1. The van der Waals surface area contributed by atoms with Crippen LogP contribution in [0.3, 0.4) is 0 Å². The van der Waals surface area contributed by atoms with Gasteiger partial charge in [-0.3, -0.25) is 0 Å². The Labute approximate surface area is 126 Å². The SMILES string of the molecule is CCOc1ccc(S(=O)(=O)N2CCC(NC)C2)cc1.Cl. The standard InChI is InChI=1S/C13H20N2O3S.ClH/c1-3-18-12-4-6-13(7-5-12)19(16,17)15-9-8-11(10-15)14-2;/h4-7,11,14H,3,8-10H2,1-2H3;1H. The van der Waals surface area contributed by atoms with E-state index in [1.807, 2.05) is 14.0 Å². The average Bonchev–Trinajstić information content (AvgIpc) is 2.89. The lowest BCUT2D eigenvalue weighted by molar-refractivity contribution is 0.340. The van der Waals surface area contributed by atoms with Gasteiger partial charge in [0.2, 0.25) is 10.0 Å². The van der Waals surface area contributed by atoms with E-state index in [1.165, 1.54) is 4.31 Å². The van der Waals surface area contributed by atoms with Gasteiger partial charge in [0.25, 0.3) is 0 Å². The largest absolute Gasteiger partial charge is 0.494 e. The van der Waals surface area contributed by atoms with Crippen molar-refractivity contribution in [2.45, 2.75) is 24.3 Å². The second-order valence-corrected chi connectivity index (χ2v) is 6.48. The third kappa shape index (κ3) is 3.63. The van der Waals surface area contributed by atoms with E-state index >= 15 is 0 Å². The van der Waals surface area contributed by atoms with Crippen LogP contribution >= 0.6 is 12.4 Å². The van der Waals surface area contributed by atoms with E-state index < -0.39 is 10.0 Å². The van der Waals surface area contributed by atoms with E-state index in [0.717, 1.165) is 6.42 Å². The topological polar surface area (TPSA) is 58.6 Å². The third-order valence-electron chi connectivity index (χ3n) is 3.33. The molecule has 2 rings (SSSR count). The van der Waals surface area contributed by atoms with Crippen LogP contribution in [-0.2, 0) is 10.0 Å². The zero-order valence-electron chi connectivity index (χ0n) is 11.7. The van der Waals surface area contributed by atoms with Crippen LogP contribution in [0.4, 0.5) is 0 Å². The van der Waals surface area contributed by atoms with Crippen molar-refractivity contribution in [1.29, 1.82) is 0 Å². The molecule has 114 valence electrons. The molecule has 1 unspecified atom stereocenters. The predicted octanol–water partition coefficient (Wildman–Crippen LogP) is 1.49. The van der Waals surface area contributed by atoms with Crippen LogP contribution in [0.1, 0.15) is 13.3 Å². The van der Waals surface area contributed by atoms with Crippen molar-refractivity contribution in [3.05, 3.63) is 24.3 Å². The van der Waals surface area contributed by atoms with Crippen LogP contribution in [0, 0.1) is 0 Å². The Hall–Kier alpha value is -0.820. The highest BCUT2D eigenvalue weighted by atomic mass is 35.5. The van der Waals surface area contributed by atoms with Gasteiger partial charge in [0, 0.05) is 19.1 Å². The van der Waals surface area contributed by atoms with Gasteiger partial charge in [0.15, 0.2) is 0 Å². The molecule has 0 radical (unpaired) electrons. The first-order valence-electron chi connectivity index (χ1n) is 6.48. The minimum atomic E-state index is -3.38. The molecule has 1 heterocycles. The molecule has 1 fully saturated rings. The van der Waals surface area contributed by atoms with Crippen molar-refractivity contribution < 1.29 is 13.2 Å². The number of benzene rings is 1. The summed E-state index contributed by atoms with van der Waals surface area (Å²) < 4.78 is 31.7. The highest BCUT2D eigenvalue weighted by molar-refractivity contribution is 7.89. The molecule has 5 nitrogen and oxygen atoms in total. The minimum absolute atomic E-state index is 0. The van der Waals surface area contributed by atoms with Crippen molar-refractivity contribution in [3.63, 3.8) is 0 Å². The summed E-state index contributed by atoms with van der Waals surface area (Å²) in [6.45, 7) is 3.57. The summed E-state index contributed by atoms with van der Waals surface area (Å²) in [7, 11) is -1.52. The molecule has 1 aliphatic rings. The lowest BCUT2D eigenvalue weighted by atomic mass is 10.3. The normalized spacial score (nSPS) is 19.6. The van der Waals surface area contributed by atoms with E-state index in [9.17, 15) is 8.42 Å². The molecule has 0 spiro atoms. The Morgan fingerprint density at radius 3 is 2.50 bits per heavy atom. The summed E-state index contributed by atoms with van der Waals surface area (Å²) in [6, 6.07) is 6.85. The number of nitrogens with one attached hydrogen (secondary N) is 1. The molecule has 7 heteroatoms. The lowest BCUT2D eigenvalue weighted by Crippen LogP contribution is -2.33. The van der Waals surface area contributed by atoms with Gasteiger partial charge in [-0.2, -0.15) is 4.31 Å². The number of rotatable bonds is 5. The molecule has 1 aromatic rings. The monoisotopic (exact) mass is 320 g/mol. The van der Waals surface area contributed by atoms with Crippen molar-refractivity contribution in [2.24, 2.45) is 0 Å². The fraction of sp³-hybridized carbons (Fsp3) is 0.538. The Morgan fingerprint density at radius 2 is 2.00 bits per heavy atom. The molecule has 1 atom stereocenters. The number of halogens is 1. The molecule has 0 amide bonds. The summed E-state index contributed by atoms with van der Waals surface area (Å²) in [5.74, 6) is 0.691. The number of ether oxygens (including phenoxy) is 1. The minimum Gasteiger partial charge on any atom is -0.494 e. The fourth-order valence-electron chi connectivity index (χ4n) is 2.21. The first-order valence-corrected chi connectivity index (χ1v) is 7.92. The molecule has 0 saturated carbocycles. The van der Waals surface area contributed by atoms with E-state index in [0.29, 0.717) is 30.3 Å². The Kier molecular flexibility index (Phi) is 6.26. The van der Waals surface area contributed by atoms with Crippen molar-refractivity contribution in [1.82, 2.24) is 9.62 Å². The van der Waals surface area contributed by atoms with E-state index in [4.69, 9.17) is 4.74 Å². The molecule has 1 saturated heterocycles. The molecular weight excluding hydrogens is 300 g/mol. The molecule has 0 aliphatic carbocycles. The van der Waals surface area contributed by atoms with Gasteiger partial charge in [-0.25, -0.2) is 8.42 Å². The number of sulfonamides is 1. The molecule has 1 aliphatic heterocycles. The van der Waals surface area contributed by atoms with E-state index in [-0.39, 0.29) is 18.4 Å². The van der Waals surface area contributed by atoms with Crippen LogP contribution in [0.5, 0.6) is 5.75 Å². The van der Waals surface area contributed by atoms with Crippen LogP contribution in [-0.4, -0.2) is 45.5 Å². The van der Waals surface area contributed by atoms with Crippen LogP contribution in [0.15, 0.2) is 29.2 Å². The van der Waals surface area contributed by atoms with Crippen molar-refractivity contribution >= 4 is 22.4 Å². The van der Waals surface area contributed by atoms with E-state index in [1.54, 1.807) is 24.3 Å². The van der Waals surface area contributed by atoms with Gasteiger partial charge in [0.1, 0.15) is 5.75 Å². The maximum absolute atomic E-state index is 12.4. The van der Waals surface area contributed by atoms with Crippen LogP contribution < -0.4 is 10.1 Å². The first-order chi connectivity index (χ1) is 9.07. The summed E-state index contributed by atoms with van der Waals surface area (Å²) in [6.07, 6.45) is 0.854. The summed E-state index contributed by atoms with van der Waals surface area (Å²) in [4.78, 5) is 0.327.